The Hall–Kier alpha value is -3.39. The fraction of sp³-hybridized carbons (Fsp3) is 0.423. The number of hydrogen-bond acceptors (Lipinski definition) is 5. The molecule has 8 nitrogen and oxygen atoms in total. The lowest BCUT2D eigenvalue weighted by Crippen LogP contribution is -2.45. The van der Waals surface area contributed by atoms with E-state index < -0.39 is 36.2 Å². The van der Waals surface area contributed by atoms with E-state index in [2.05, 4.69) is 17.4 Å². The van der Waals surface area contributed by atoms with Gasteiger partial charge in [0.15, 0.2) is 0 Å². The molecule has 180 valence electrons. The van der Waals surface area contributed by atoms with E-state index in [9.17, 15) is 24.6 Å². The highest BCUT2D eigenvalue weighted by atomic mass is 16.5. The molecule has 2 aromatic rings. The molecule has 3 N–H and O–H groups in total. The average Bonchev–Trinajstić information content (AvgIpc) is 3.36. The number of likely N-dealkylation sites (tertiary alicyclic amines) is 1. The van der Waals surface area contributed by atoms with Crippen molar-refractivity contribution in [1.82, 2.24) is 10.2 Å². The highest BCUT2D eigenvalue weighted by molar-refractivity contribution is 5.85. The topological polar surface area (TPSA) is 116 Å². The third kappa shape index (κ3) is 4.92. The average molecular weight is 467 g/mol. The van der Waals surface area contributed by atoms with Gasteiger partial charge in [0.25, 0.3) is 0 Å². The summed E-state index contributed by atoms with van der Waals surface area (Å²) in [5.74, 6) is -1.60. The van der Waals surface area contributed by atoms with Crippen molar-refractivity contribution in [3.8, 4) is 11.1 Å². The van der Waals surface area contributed by atoms with Gasteiger partial charge < -0.3 is 25.2 Å². The zero-order chi connectivity index (χ0) is 24.2. The molecule has 1 saturated heterocycles. The van der Waals surface area contributed by atoms with Gasteiger partial charge in [0.1, 0.15) is 12.6 Å². The summed E-state index contributed by atoms with van der Waals surface area (Å²) in [5.41, 5.74) is 4.51. The molecule has 2 aromatic carbocycles. The summed E-state index contributed by atoms with van der Waals surface area (Å²) in [6.45, 7) is 2.10. The van der Waals surface area contributed by atoms with Gasteiger partial charge in [-0.05, 0) is 28.7 Å². The van der Waals surface area contributed by atoms with Crippen LogP contribution in [0.4, 0.5) is 4.79 Å². The Morgan fingerprint density at radius 1 is 1.09 bits per heavy atom. The minimum absolute atomic E-state index is 0.0132. The Labute approximate surface area is 198 Å². The summed E-state index contributed by atoms with van der Waals surface area (Å²) in [6, 6.07) is 14.6. The van der Waals surface area contributed by atoms with Crippen LogP contribution in [0, 0.1) is 0 Å². The molecule has 1 aliphatic heterocycles. The van der Waals surface area contributed by atoms with Crippen LogP contribution in [0.2, 0.25) is 0 Å². The molecule has 3 atom stereocenters. The Balaban J connectivity index is 1.37. The Morgan fingerprint density at radius 2 is 1.71 bits per heavy atom. The van der Waals surface area contributed by atoms with Crippen LogP contribution in [-0.4, -0.2) is 64.4 Å². The molecule has 4 rings (SSSR count). The number of carbonyl (C=O) groups is 3. The van der Waals surface area contributed by atoms with E-state index in [1.54, 1.807) is 0 Å². The largest absolute Gasteiger partial charge is 0.480 e. The molecule has 0 radical (unpaired) electrons. The van der Waals surface area contributed by atoms with Crippen molar-refractivity contribution in [2.45, 2.75) is 56.7 Å². The number of rotatable bonds is 8. The van der Waals surface area contributed by atoms with Gasteiger partial charge in [0.05, 0.1) is 6.10 Å². The van der Waals surface area contributed by atoms with Crippen LogP contribution in [0.3, 0.4) is 0 Å². The second kappa shape index (κ2) is 10.3. The summed E-state index contributed by atoms with van der Waals surface area (Å²) >= 11 is 0. The van der Waals surface area contributed by atoms with Crippen LogP contribution in [-0.2, 0) is 14.3 Å². The Morgan fingerprint density at radius 3 is 2.29 bits per heavy atom. The van der Waals surface area contributed by atoms with Gasteiger partial charge in [-0.25, -0.2) is 9.59 Å². The lowest BCUT2D eigenvalue weighted by Gasteiger charge is -2.25. The quantitative estimate of drug-likeness (QED) is 0.551. The molecule has 0 spiro atoms. The van der Waals surface area contributed by atoms with Crippen molar-refractivity contribution >= 4 is 18.0 Å². The Kier molecular flexibility index (Phi) is 7.17. The number of β-amino-alcohol motifs (C(OH)–C–C–N with tert-alkyl or cyclic N) is 1. The van der Waals surface area contributed by atoms with E-state index in [0.29, 0.717) is 6.42 Å². The van der Waals surface area contributed by atoms with Crippen LogP contribution in [0.25, 0.3) is 11.1 Å². The molecular formula is C26H30N2O6. The van der Waals surface area contributed by atoms with Crippen LogP contribution in [0.5, 0.6) is 0 Å². The van der Waals surface area contributed by atoms with Crippen LogP contribution in [0.1, 0.15) is 49.7 Å². The first-order valence-corrected chi connectivity index (χ1v) is 11.7. The van der Waals surface area contributed by atoms with Crippen molar-refractivity contribution in [3.05, 3.63) is 59.7 Å². The van der Waals surface area contributed by atoms with Crippen molar-refractivity contribution < 1.29 is 29.3 Å². The minimum atomic E-state index is -1.14. The first-order chi connectivity index (χ1) is 16.4. The summed E-state index contributed by atoms with van der Waals surface area (Å²) < 4.78 is 5.59. The number of alkyl carbamates (subject to hydrolysis) is 1. The number of carboxylic acid groups (broad SMARTS) is 1. The van der Waals surface area contributed by atoms with Crippen LogP contribution >= 0.6 is 0 Å². The van der Waals surface area contributed by atoms with E-state index in [0.717, 1.165) is 28.7 Å². The van der Waals surface area contributed by atoms with E-state index in [4.69, 9.17) is 4.74 Å². The van der Waals surface area contributed by atoms with E-state index >= 15 is 0 Å². The van der Waals surface area contributed by atoms with E-state index in [1.165, 1.54) is 4.90 Å². The highest BCUT2D eigenvalue weighted by Gasteiger charge is 2.39. The maximum absolute atomic E-state index is 12.8. The van der Waals surface area contributed by atoms with E-state index in [1.807, 2.05) is 43.3 Å². The monoisotopic (exact) mass is 466 g/mol. The normalized spacial score (nSPS) is 19.9. The van der Waals surface area contributed by atoms with Gasteiger partial charge in [0, 0.05) is 31.3 Å². The highest BCUT2D eigenvalue weighted by Crippen LogP contribution is 2.44. The molecule has 1 heterocycles. The van der Waals surface area contributed by atoms with Gasteiger partial charge in [0.2, 0.25) is 5.91 Å². The number of hydrogen-bond donors (Lipinski definition) is 3. The molecule has 0 aromatic heterocycles. The standard InChI is InChI=1S/C26H30N2O6/c1-2-7-16(12-24(30)28-14-17(29)13-23(28)25(31)32)27-26(33)34-15-22-20-10-5-3-8-18(20)19-9-4-6-11-21(19)22/h3-6,8-11,16-17,22-23,29H,2,7,12-15H2,1H3,(H,27,33)(H,31,32). The van der Waals surface area contributed by atoms with Gasteiger partial charge in [-0.2, -0.15) is 0 Å². The molecule has 1 fully saturated rings. The van der Waals surface area contributed by atoms with Gasteiger partial charge in [-0.1, -0.05) is 61.9 Å². The number of aliphatic hydroxyl groups excluding tert-OH is 1. The summed E-state index contributed by atoms with van der Waals surface area (Å²) in [5, 5.41) is 21.9. The third-order valence-electron chi connectivity index (χ3n) is 6.61. The van der Waals surface area contributed by atoms with Crippen LogP contribution < -0.4 is 5.32 Å². The molecule has 8 heteroatoms. The predicted octanol–water partition coefficient (Wildman–Crippen LogP) is 3.13. The van der Waals surface area contributed by atoms with Crippen molar-refractivity contribution in [3.63, 3.8) is 0 Å². The molecule has 1 aliphatic carbocycles. The third-order valence-corrected chi connectivity index (χ3v) is 6.61. The van der Waals surface area contributed by atoms with Crippen molar-refractivity contribution in [2.24, 2.45) is 0 Å². The molecule has 0 saturated carbocycles. The SMILES string of the molecule is CCCC(CC(=O)N1CC(O)CC1C(=O)O)NC(=O)OCC1c2ccccc2-c2ccccc21. The van der Waals surface area contributed by atoms with E-state index in [-0.39, 0.29) is 31.9 Å². The van der Waals surface area contributed by atoms with Crippen molar-refractivity contribution in [1.29, 1.82) is 0 Å². The first kappa shape index (κ1) is 23.8. The second-order valence-corrected chi connectivity index (χ2v) is 8.95. The number of fused-ring (bicyclic) bond motifs is 3. The van der Waals surface area contributed by atoms with Gasteiger partial charge in [-0.3, -0.25) is 4.79 Å². The maximum atomic E-state index is 12.8. The van der Waals surface area contributed by atoms with Crippen molar-refractivity contribution in [2.75, 3.05) is 13.2 Å². The molecule has 0 bridgehead atoms. The molecule has 34 heavy (non-hydrogen) atoms. The minimum Gasteiger partial charge on any atom is -0.480 e. The lowest BCUT2D eigenvalue weighted by atomic mass is 9.98. The number of amides is 2. The van der Waals surface area contributed by atoms with Gasteiger partial charge >= 0.3 is 12.1 Å². The Bertz CT molecular complexity index is 1030. The number of nitrogens with one attached hydrogen (secondary N) is 1. The number of benzene rings is 2. The molecular weight excluding hydrogens is 436 g/mol. The number of carbonyl (C=O) groups excluding carboxylic acids is 2. The van der Waals surface area contributed by atoms with Crippen LogP contribution in [0.15, 0.2) is 48.5 Å². The molecule has 2 aliphatic rings. The summed E-state index contributed by atoms with van der Waals surface area (Å²) in [7, 11) is 0. The number of carboxylic acids is 1. The number of nitrogens with zero attached hydrogens (tertiary/aromatic N) is 1. The summed E-state index contributed by atoms with van der Waals surface area (Å²) in [4.78, 5) is 38.0. The fourth-order valence-electron chi connectivity index (χ4n) is 5.03. The lowest BCUT2D eigenvalue weighted by molar-refractivity contribution is -0.148. The zero-order valence-corrected chi connectivity index (χ0v) is 19.1. The molecule has 3 unspecified atom stereocenters. The number of ether oxygens (including phenoxy) is 1. The fourth-order valence-corrected chi connectivity index (χ4v) is 5.03. The second-order valence-electron chi connectivity index (χ2n) is 8.95. The zero-order valence-electron chi connectivity index (χ0n) is 19.1. The maximum Gasteiger partial charge on any atom is 0.407 e. The number of aliphatic carboxylic acids is 1. The summed E-state index contributed by atoms with van der Waals surface area (Å²) in [6.07, 6.45) is -0.223. The first-order valence-electron chi connectivity index (χ1n) is 11.7. The van der Waals surface area contributed by atoms with Gasteiger partial charge in [-0.15, -0.1) is 0 Å². The molecule has 2 amide bonds. The predicted molar refractivity (Wildman–Crippen MR) is 125 cm³/mol. The number of aliphatic hydroxyl groups is 1. The smallest absolute Gasteiger partial charge is 0.407 e.